The first kappa shape index (κ1) is 15.5. The molecule has 0 radical (unpaired) electrons. The molecular formula is C17H20FNO2. The second-order valence-corrected chi connectivity index (χ2v) is 4.84. The number of hydrogen-bond acceptors (Lipinski definition) is 3. The van der Waals surface area contributed by atoms with Crippen LogP contribution in [0.5, 0.6) is 11.5 Å². The van der Waals surface area contributed by atoms with E-state index in [1.54, 1.807) is 19.2 Å². The molecule has 112 valence electrons. The lowest BCUT2D eigenvalue weighted by Crippen LogP contribution is -2.18. The van der Waals surface area contributed by atoms with E-state index in [0.29, 0.717) is 18.9 Å². The molecule has 21 heavy (non-hydrogen) atoms. The monoisotopic (exact) mass is 289 g/mol. The summed E-state index contributed by atoms with van der Waals surface area (Å²) in [6, 6.07) is 12.0. The molecule has 0 atom stereocenters. The van der Waals surface area contributed by atoms with Crippen LogP contribution in [0, 0.1) is 12.7 Å². The maximum absolute atomic E-state index is 12.9. The third-order valence-corrected chi connectivity index (χ3v) is 3.06. The number of hydrogen-bond donors (Lipinski definition) is 1. The van der Waals surface area contributed by atoms with Crippen LogP contribution in [0.2, 0.25) is 0 Å². The molecule has 0 aliphatic rings. The Labute approximate surface area is 124 Å². The number of rotatable bonds is 7. The van der Waals surface area contributed by atoms with Crippen molar-refractivity contribution >= 4 is 0 Å². The summed E-state index contributed by atoms with van der Waals surface area (Å²) < 4.78 is 23.8. The number of aryl methyl sites for hydroxylation is 1. The Morgan fingerprint density at radius 2 is 1.86 bits per heavy atom. The van der Waals surface area contributed by atoms with Gasteiger partial charge in [0.2, 0.25) is 0 Å². The van der Waals surface area contributed by atoms with Crippen molar-refractivity contribution < 1.29 is 13.9 Å². The van der Waals surface area contributed by atoms with Crippen LogP contribution in [0.15, 0.2) is 42.5 Å². The Hall–Kier alpha value is -1.91. The molecule has 4 heteroatoms. The van der Waals surface area contributed by atoms with Gasteiger partial charge in [0.15, 0.2) is 0 Å². The molecule has 0 fully saturated rings. The fraction of sp³-hybridized carbons (Fsp3) is 0.294. The van der Waals surface area contributed by atoms with Crippen molar-refractivity contribution in [3.63, 3.8) is 0 Å². The fourth-order valence-corrected chi connectivity index (χ4v) is 1.97. The molecule has 0 spiro atoms. The zero-order chi connectivity index (χ0) is 15.1. The van der Waals surface area contributed by atoms with E-state index in [0.717, 1.165) is 17.9 Å². The number of halogens is 1. The summed E-state index contributed by atoms with van der Waals surface area (Å²) >= 11 is 0. The first-order valence-corrected chi connectivity index (χ1v) is 6.91. The molecule has 2 aromatic carbocycles. The van der Waals surface area contributed by atoms with E-state index in [1.165, 1.54) is 17.7 Å². The van der Waals surface area contributed by atoms with E-state index in [4.69, 9.17) is 9.47 Å². The molecule has 0 bridgehead atoms. The predicted molar refractivity (Wildman–Crippen MR) is 81.2 cm³/mol. The molecule has 3 nitrogen and oxygen atoms in total. The first-order valence-electron chi connectivity index (χ1n) is 6.91. The summed E-state index contributed by atoms with van der Waals surface area (Å²) in [7, 11) is 1.68. The van der Waals surface area contributed by atoms with Gasteiger partial charge in [-0.1, -0.05) is 17.7 Å². The smallest absolute Gasteiger partial charge is 0.131 e. The van der Waals surface area contributed by atoms with Gasteiger partial charge in [-0.15, -0.1) is 0 Å². The molecule has 2 rings (SSSR count). The molecule has 0 amide bonds. The SMILES string of the molecule is COCCNCc1cc(C)ccc1Oc1ccc(F)cc1. The maximum atomic E-state index is 12.9. The molecule has 1 N–H and O–H groups in total. The lowest BCUT2D eigenvalue weighted by atomic mass is 10.1. The minimum Gasteiger partial charge on any atom is -0.457 e. The fourth-order valence-electron chi connectivity index (χ4n) is 1.97. The normalized spacial score (nSPS) is 10.6. The van der Waals surface area contributed by atoms with Crippen molar-refractivity contribution in [2.24, 2.45) is 0 Å². The van der Waals surface area contributed by atoms with Crippen LogP contribution >= 0.6 is 0 Å². The van der Waals surface area contributed by atoms with E-state index in [2.05, 4.69) is 11.4 Å². The summed E-state index contributed by atoms with van der Waals surface area (Å²) in [5.41, 5.74) is 2.24. The van der Waals surface area contributed by atoms with Crippen molar-refractivity contribution in [3.8, 4) is 11.5 Å². The predicted octanol–water partition coefficient (Wildman–Crippen LogP) is 3.66. The van der Waals surface area contributed by atoms with Crippen molar-refractivity contribution in [3.05, 3.63) is 59.4 Å². The Balaban J connectivity index is 2.08. The van der Waals surface area contributed by atoms with Crippen LogP contribution < -0.4 is 10.1 Å². The Morgan fingerprint density at radius 1 is 1.10 bits per heavy atom. The van der Waals surface area contributed by atoms with Gasteiger partial charge in [0, 0.05) is 25.8 Å². The molecule has 0 aliphatic carbocycles. The minimum absolute atomic E-state index is 0.271. The summed E-state index contributed by atoms with van der Waals surface area (Å²) in [5, 5.41) is 3.30. The third-order valence-electron chi connectivity index (χ3n) is 3.06. The van der Waals surface area contributed by atoms with Crippen LogP contribution in [0.3, 0.4) is 0 Å². The highest BCUT2D eigenvalue weighted by molar-refractivity contribution is 5.40. The Kier molecular flexibility index (Phi) is 5.72. The zero-order valence-electron chi connectivity index (χ0n) is 12.4. The van der Waals surface area contributed by atoms with Gasteiger partial charge in [0.1, 0.15) is 17.3 Å². The third kappa shape index (κ3) is 4.85. The van der Waals surface area contributed by atoms with Gasteiger partial charge in [0.25, 0.3) is 0 Å². The summed E-state index contributed by atoms with van der Waals surface area (Å²) in [4.78, 5) is 0. The van der Waals surface area contributed by atoms with Crippen LogP contribution in [-0.2, 0) is 11.3 Å². The lowest BCUT2D eigenvalue weighted by Gasteiger charge is -2.13. The molecule has 0 saturated heterocycles. The molecule has 0 unspecified atom stereocenters. The standard InChI is InChI=1S/C17H20FNO2/c1-13-3-8-17(14(11-13)12-19-9-10-20-2)21-16-6-4-15(18)5-7-16/h3-8,11,19H,9-10,12H2,1-2H3. The van der Waals surface area contributed by atoms with Gasteiger partial charge in [0.05, 0.1) is 6.61 Å². The van der Waals surface area contributed by atoms with Gasteiger partial charge in [-0.2, -0.15) is 0 Å². The largest absolute Gasteiger partial charge is 0.457 e. The summed E-state index contributed by atoms with van der Waals surface area (Å²) in [6.07, 6.45) is 0. The quantitative estimate of drug-likeness (QED) is 0.789. The van der Waals surface area contributed by atoms with Gasteiger partial charge >= 0.3 is 0 Å². The van der Waals surface area contributed by atoms with Crippen molar-refractivity contribution in [2.75, 3.05) is 20.3 Å². The summed E-state index contributed by atoms with van der Waals surface area (Å²) in [5.74, 6) is 1.13. The average Bonchev–Trinajstić information content (AvgIpc) is 2.48. The van der Waals surface area contributed by atoms with Gasteiger partial charge in [-0.25, -0.2) is 4.39 Å². The molecule has 0 aromatic heterocycles. The highest BCUT2D eigenvalue weighted by atomic mass is 19.1. The Morgan fingerprint density at radius 3 is 2.57 bits per heavy atom. The van der Waals surface area contributed by atoms with Crippen molar-refractivity contribution in [1.82, 2.24) is 5.32 Å². The number of nitrogens with one attached hydrogen (secondary N) is 1. The van der Waals surface area contributed by atoms with E-state index in [1.807, 2.05) is 19.1 Å². The highest BCUT2D eigenvalue weighted by Crippen LogP contribution is 2.26. The molecular weight excluding hydrogens is 269 g/mol. The number of methoxy groups -OCH3 is 1. The van der Waals surface area contributed by atoms with Crippen LogP contribution in [0.4, 0.5) is 4.39 Å². The average molecular weight is 289 g/mol. The molecule has 2 aromatic rings. The van der Waals surface area contributed by atoms with E-state index < -0.39 is 0 Å². The van der Waals surface area contributed by atoms with Gasteiger partial charge < -0.3 is 14.8 Å². The molecule has 0 saturated carbocycles. The molecule has 0 heterocycles. The van der Waals surface area contributed by atoms with Crippen LogP contribution in [0.1, 0.15) is 11.1 Å². The topological polar surface area (TPSA) is 30.5 Å². The number of benzene rings is 2. The second-order valence-electron chi connectivity index (χ2n) is 4.84. The number of ether oxygens (including phenoxy) is 2. The first-order chi connectivity index (χ1) is 10.2. The van der Waals surface area contributed by atoms with Gasteiger partial charge in [-0.3, -0.25) is 0 Å². The van der Waals surface area contributed by atoms with E-state index >= 15 is 0 Å². The van der Waals surface area contributed by atoms with Crippen LogP contribution in [0.25, 0.3) is 0 Å². The van der Waals surface area contributed by atoms with Crippen LogP contribution in [-0.4, -0.2) is 20.3 Å². The maximum Gasteiger partial charge on any atom is 0.131 e. The van der Waals surface area contributed by atoms with E-state index in [9.17, 15) is 4.39 Å². The summed E-state index contributed by atoms with van der Waals surface area (Å²) in [6.45, 7) is 4.18. The van der Waals surface area contributed by atoms with Crippen molar-refractivity contribution in [2.45, 2.75) is 13.5 Å². The van der Waals surface area contributed by atoms with Gasteiger partial charge in [-0.05, 0) is 37.3 Å². The minimum atomic E-state index is -0.271. The highest BCUT2D eigenvalue weighted by Gasteiger charge is 2.06. The Bertz CT molecular complexity index is 570. The lowest BCUT2D eigenvalue weighted by molar-refractivity contribution is 0.199. The zero-order valence-corrected chi connectivity index (χ0v) is 12.4. The van der Waals surface area contributed by atoms with Crippen molar-refractivity contribution in [1.29, 1.82) is 0 Å². The molecule has 0 aliphatic heterocycles. The van der Waals surface area contributed by atoms with E-state index in [-0.39, 0.29) is 5.82 Å². The second kappa shape index (κ2) is 7.76.